The van der Waals surface area contributed by atoms with Gasteiger partial charge in [-0.05, 0) is 26.8 Å². The van der Waals surface area contributed by atoms with Gasteiger partial charge < -0.3 is 10.6 Å². The monoisotopic (exact) mass is 245 g/mol. The van der Waals surface area contributed by atoms with Gasteiger partial charge in [-0.3, -0.25) is 0 Å². The van der Waals surface area contributed by atoms with E-state index < -0.39 is 15.4 Å². The van der Waals surface area contributed by atoms with Crippen molar-refractivity contribution in [1.82, 2.24) is 4.90 Å². The van der Waals surface area contributed by atoms with Gasteiger partial charge in [-0.2, -0.15) is 5.26 Å². The van der Waals surface area contributed by atoms with Crippen LogP contribution >= 0.6 is 0 Å². The van der Waals surface area contributed by atoms with Crippen LogP contribution in [0.2, 0.25) is 0 Å². The van der Waals surface area contributed by atoms with Gasteiger partial charge in [0, 0.05) is 12.6 Å². The fourth-order valence-corrected chi connectivity index (χ4v) is 3.58. The first kappa shape index (κ1) is 13.4. The minimum Gasteiger partial charge on any atom is -0.314 e. The van der Waals surface area contributed by atoms with Gasteiger partial charge >= 0.3 is 0 Å². The number of nitrogens with two attached hydrogens (primary N) is 1. The molecule has 1 rings (SSSR count). The molecule has 0 radical (unpaired) electrons. The zero-order chi connectivity index (χ0) is 12.4. The molecule has 0 amide bonds. The van der Waals surface area contributed by atoms with Crippen molar-refractivity contribution in [3.63, 3.8) is 0 Å². The van der Waals surface area contributed by atoms with Crippen LogP contribution in [0.5, 0.6) is 0 Å². The van der Waals surface area contributed by atoms with E-state index in [4.69, 9.17) is 11.0 Å². The van der Waals surface area contributed by atoms with E-state index in [1.54, 1.807) is 6.92 Å². The first-order valence-corrected chi connectivity index (χ1v) is 7.19. The molecule has 2 atom stereocenters. The van der Waals surface area contributed by atoms with Crippen LogP contribution in [0.4, 0.5) is 0 Å². The third-order valence-electron chi connectivity index (χ3n) is 3.07. The highest BCUT2D eigenvalue weighted by Crippen LogP contribution is 2.17. The SMILES string of the molecule is CN(CCC(C)(N)C#N)C1CCS(=O)(=O)C1. The summed E-state index contributed by atoms with van der Waals surface area (Å²) in [6, 6.07) is 2.12. The molecule has 92 valence electrons. The second-order valence-electron chi connectivity index (χ2n) is 4.82. The molecule has 0 aromatic carbocycles. The summed E-state index contributed by atoms with van der Waals surface area (Å²) in [5, 5.41) is 8.77. The summed E-state index contributed by atoms with van der Waals surface area (Å²) in [5.41, 5.74) is 4.88. The van der Waals surface area contributed by atoms with Gasteiger partial charge in [0.25, 0.3) is 0 Å². The molecule has 0 aliphatic carbocycles. The predicted octanol–water partition coefficient (Wildman–Crippen LogP) is -0.264. The molecule has 0 aromatic heterocycles. The Morgan fingerprint density at radius 2 is 2.25 bits per heavy atom. The lowest BCUT2D eigenvalue weighted by molar-refractivity contribution is 0.245. The maximum Gasteiger partial charge on any atom is 0.151 e. The van der Waals surface area contributed by atoms with Crippen LogP contribution in [-0.4, -0.2) is 50.0 Å². The van der Waals surface area contributed by atoms with Gasteiger partial charge in [-0.15, -0.1) is 0 Å². The Bertz CT molecular complexity index is 383. The van der Waals surface area contributed by atoms with Gasteiger partial charge in [0.05, 0.1) is 17.6 Å². The summed E-state index contributed by atoms with van der Waals surface area (Å²) in [6.07, 6.45) is 1.24. The van der Waals surface area contributed by atoms with Gasteiger partial charge in [0.1, 0.15) is 5.54 Å². The maximum absolute atomic E-state index is 11.3. The van der Waals surface area contributed by atoms with E-state index in [2.05, 4.69) is 0 Å². The summed E-state index contributed by atoms with van der Waals surface area (Å²) in [5.74, 6) is 0.511. The van der Waals surface area contributed by atoms with Crippen molar-refractivity contribution in [1.29, 1.82) is 5.26 Å². The fraction of sp³-hybridized carbons (Fsp3) is 0.900. The first-order chi connectivity index (χ1) is 7.26. The highest BCUT2D eigenvalue weighted by Gasteiger charge is 2.31. The lowest BCUT2D eigenvalue weighted by Crippen LogP contribution is -2.41. The minimum atomic E-state index is -2.84. The van der Waals surface area contributed by atoms with Crippen LogP contribution in [0.3, 0.4) is 0 Å². The lowest BCUT2D eigenvalue weighted by Gasteiger charge is -2.25. The molecular weight excluding hydrogens is 226 g/mol. The Hall–Kier alpha value is -0.640. The third kappa shape index (κ3) is 3.74. The third-order valence-corrected chi connectivity index (χ3v) is 4.82. The van der Waals surface area contributed by atoms with Gasteiger partial charge in [-0.1, -0.05) is 0 Å². The van der Waals surface area contributed by atoms with Gasteiger partial charge in [0.2, 0.25) is 0 Å². The Morgan fingerprint density at radius 3 is 2.69 bits per heavy atom. The summed E-state index contributed by atoms with van der Waals surface area (Å²) in [7, 11) is -0.950. The minimum absolute atomic E-state index is 0.0829. The molecule has 1 fully saturated rings. The smallest absolute Gasteiger partial charge is 0.151 e. The number of nitrogens with zero attached hydrogens (tertiary/aromatic N) is 2. The van der Waals surface area contributed by atoms with E-state index in [9.17, 15) is 8.42 Å². The van der Waals surface area contributed by atoms with Crippen molar-refractivity contribution < 1.29 is 8.42 Å². The second-order valence-corrected chi connectivity index (χ2v) is 7.05. The average molecular weight is 245 g/mol. The summed E-state index contributed by atoms with van der Waals surface area (Å²) in [6.45, 7) is 2.34. The molecular formula is C10H19N3O2S. The van der Waals surface area contributed by atoms with E-state index in [0.717, 1.165) is 0 Å². The molecule has 0 bridgehead atoms. The van der Waals surface area contributed by atoms with E-state index >= 15 is 0 Å². The predicted molar refractivity (Wildman–Crippen MR) is 62.5 cm³/mol. The Kier molecular flexibility index (Phi) is 3.94. The Morgan fingerprint density at radius 1 is 1.62 bits per heavy atom. The van der Waals surface area contributed by atoms with Crippen LogP contribution in [0, 0.1) is 11.3 Å². The molecule has 0 spiro atoms. The number of hydrogen-bond acceptors (Lipinski definition) is 5. The molecule has 1 aliphatic rings. The highest BCUT2D eigenvalue weighted by atomic mass is 32.2. The maximum atomic E-state index is 11.3. The van der Waals surface area contributed by atoms with Crippen LogP contribution in [-0.2, 0) is 9.84 Å². The second kappa shape index (κ2) is 4.70. The van der Waals surface area contributed by atoms with E-state index in [1.165, 1.54) is 0 Å². The molecule has 0 aromatic rings. The molecule has 6 heteroatoms. The summed E-state index contributed by atoms with van der Waals surface area (Å²) in [4.78, 5) is 1.99. The largest absolute Gasteiger partial charge is 0.314 e. The lowest BCUT2D eigenvalue weighted by atomic mass is 10.0. The van der Waals surface area contributed by atoms with Crippen molar-refractivity contribution in [3.8, 4) is 6.07 Å². The van der Waals surface area contributed by atoms with Crippen LogP contribution in [0.1, 0.15) is 19.8 Å². The highest BCUT2D eigenvalue weighted by molar-refractivity contribution is 7.91. The van der Waals surface area contributed by atoms with Crippen molar-refractivity contribution in [2.75, 3.05) is 25.1 Å². The zero-order valence-electron chi connectivity index (χ0n) is 9.81. The van der Waals surface area contributed by atoms with Gasteiger partial charge in [0.15, 0.2) is 9.84 Å². The zero-order valence-corrected chi connectivity index (χ0v) is 10.6. The van der Waals surface area contributed by atoms with E-state index in [-0.39, 0.29) is 17.5 Å². The molecule has 5 nitrogen and oxygen atoms in total. The standard InChI is InChI=1S/C10H19N3O2S/c1-10(12,8-11)4-5-13(2)9-3-6-16(14,15)7-9/h9H,3-7,12H2,1-2H3. The van der Waals surface area contributed by atoms with Crippen molar-refractivity contribution in [2.45, 2.75) is 31.3 Å². The fourth-order valence-electron chi connectivity index (χ4n) is 1.77. The molecule has 2 unspecified atom stereocenters. The number of hydrogen-bond donors (Lipinski definition) is 1. The number of nitriles is 1. The Balaban J connectivity index is 2.43. The van der Waals surface area contributed by atoms with Crippen molar-refractivity contribution in [3.05, 3.63) is 0 Å². The molecule has 0 saturated carbocycles. The first-order valence-electron chi connectivity index (χ1n) is 5.36. The number of rotatable bonds is 4. The van der Waals surface area contributed by atoms with E-state index in [0.29, 0.717) is 19.4 Å². The molecule has 1 heterocycles. The Labute approximate surface area is 97.1 Å². The molecule has 1 saturated heterocycles. The summed E-state index contributed by atoms with van der Waals surface area (Å²) >= 11 is 0. The molecule has 2 N–H and O–H groups in total. The van der Waals surface area contributed by atoms with E-state index in [1.807, 2.05) is 18.0 Å². The summed E-state index contributed by atoms with van der Waals surface area (Å²) < 4.78 is 22.6. The van der Waals surface area contributed by atoms with Crippen LogP contribution in [0.25, 0.3) is 0 Å². The molecule has 16 heavy (non-hydrogen) atoms. The average Bonchev–Trinajstić information content (AvgIpc) is 2.55. The van der Waals surface area contributed by atoms with Crippen molar-refractivity contribution >= 4 is 9.84 Å². The quantitative estimate of drug-likeness (QED) is 0.737. The van der Waals surface area contributed by atoms with Crippen molar-refractivity contribution in [2.24, 2.45) is 5.73 Å². The van der Waals surface area contributed by atoms with Crippen LogP contribution in [0.15, 0.2) is 0 Å². The topological polar surface area (TPSA) is 87.2 Å². The van der Waals surface area contributed by atoms with Gasteiger partial charge in [-0.25, -0.2) is 8.42 Å². The molecule has 1 aliphatic heterocycles. The normalized spacial score (nSPS) is 27.6. The van der Waals surface area contributed by atoms with Crippen LogP contribution < -0.4 is 5.73 Å². The number of sulfone groups is 1.